The fourth-order valence-electron chi connectivity index (χ4n) is 0.668. The van der Waals surface area contributed by atoms with Crippen molar-refractivity contribution in [1.29, 1.82) is 0 Å². The van der Waals surface area contributed by atoms with E-state index < -0.39 is 31.6 Å². The van der Waals surface area contributed by atoms with Crippen molar-refractivity contribution in [3.05, 3.63) is 30.3 Å². The molecule has 0 unspecified atom stereocenters. The Bertz CT molecular complexity index is 506. The first-order valence-electron chi connectivity index (χ1n) is 5.48. The fraction of sp³-hybridized carbons (Fsp3) is 0.143. The largest absolute Gasteiger partial charge is 0.673 e. The van der Waals surface area contributed by atoms with E-state index in [9.17, 15) is 60.2 Å². The molecule has 1 aromatic carbocycles. The summed E-state index contributed by atoms with van der Waals surface area (Å²) in [5.41, 5.74) is 0. The Kier molecular flexibility index (Phi) is 12.7. The van der Waals surface area contributed by atoms with E-state index in [0.29, 0.717) is 4.90 Å². The highest BCUT2D eigenvalue weighted by atomic mass is 32.2. The molecule has 0 heterocycles. The minimum atomic E-state index is -6.00. The van der Waals surface area contributed by atoms with E-state index in [-0.39, 0.29) is 0 Å². The van der Waals surface area contributed by atoms with E-state index >= 15 is 0 Å². The Morgan fingerprint density at radius 1 is 0.600 bits per heavy atom. The second kappa shape index (κ2) is 11.2. The zero-order chi connectivity index (χ0) is 21.1. The number of rotatable bonds is 1. The number of hydrogen-bond donors (Lipinski definition) is 0. The van der Waals surface area contributed by atoms with Crippen LogP contribution >= 0.6 is 0 Å². The molecule has 0 aliphatic carbocycles. The SMILES string of the molecule is CS(=O)(=O)c1ccccc1.F[B-](F)(F)F.F[B-](F)(F)F.F[B-](F)(F)F. The molecule has 25 heavy (non-hydrogen) atoms. The van der Waals surface area contributed by atoms with Crippen LogP contribution in [-0.4, -0.2) is 36.4 Å². The molecule has 0 aliphatic heterocycles. The minimum Gasteiger partial charge on any atom is -0.418 e. The molecule has 0 spiro atoms. The van der Waals surface area contributed by atoms with Gasteiger partial charge in [0, 0.05) is 6.26 Å². The molecule has 150 valence electrons. The normalized spacial score (nSPS) is 11.7. The monoisotopic (exact) mass is 417 g/mol. The van der Waals surface area contributed by atoms with E-state index in [0.717, 1.165) is 0 Å². The zero-order valence-corrected chi connectivity index (χ0v) is 12.7. The van der Waals surface area contributed by atoms with Crippen LogP contribution in [0, 0.1) is 0 Å². The van der Waals surface area contributed by atoms with Crippen LogP contribution in [0.1, 0.15) is 0 Å². The predicted octanol–water partition coefficient (Wildman–Crippen LogP) is 4.99. The van der Waals surface area contributed by atoms with Gasteiger partial charge < -0.3 is 51.8 Å². The maximum absolute atomic E-state index is 10.8. The molecule has 1 rings (SSSR count). The van der Waals surface area contributed by atoms with Gasteiger partial charge in [0.05, 0.1) is 4.90 Å². The third kappa shape index (κ3) is 60.5. The first-order chi connectivity index (χ1) is 10.6. The van der Waals surface area contributed by atoms with Crippen LogP contribution in [0.4, 0.5) is 51.8 Å². The van der Waals surface area contributed by atoms with Gasteiger partial charge in [0.15, 0.2) is 9.84 Å². The van der Waals surface area contributed by atoms with E-state index in [1.54, 1.807) is 30.3 Å². The summed E-state index contributed by atoms with van der Waals surface area (Å²) in [6, 6.07) is 8.35. The molecule has 0 aliphatic rings. The molecule has 1 aromatic rings. The van der Waals surface area contributed by atoms with Crippen LogP contribution in [0.2, 0.25) is 0 Å². The highest BCUT2D eigenvalue weighted by molar-refractivity contribution is 7.90. The van der Waals surface area contributed by atoms with Gasteiger partial charge in [0.2, 0.25) is 0 Å². The Morgan fingerprint density at radius 2 is 0.800 bits per heavy atom. The summed E-state index contributed by atoms with van der Waals surface area (Å²) >= 11 is 0. The molecule has 0 atom stereocenters. The Hall–Kier alpha value is -1.48. The quantitative estimate of drug-likeness (QED) is 0.477. The highest BCUT2D eigenvalue weighted by Crippen LogP contribution is 2.08. The lowest BCUT2D eigenvalue weighted by Crippen LogP contribution is -2.02. The van der Waals surface area contributed by atoms with E-state index in [4.69, 9.17) is 0 Å². The van der Waals surface area contributed by atoms with Crippen LogP contribution < -0.4 is 0 Å². The van der Waals surface area contributed by atoms with Crippen LogP contribution in [0.15, 0.2) is 35.2 Å². The van der Waals surface area contributed by atoms with Crippen LogP contribution in [0.3, 0.4) is 0 Å². The van der Waals surface area contributed by atoms with E-state index in [1.165, 1.54) is 6.26 Å². The average molecular weight is 417 g/mol. The smallest absolute Gasteiger partial charge is 0.418 e. The Morgan fingerprint density at radius 3 is 0.920 bits per heavy atom. The lowest BCUT2D eigenvalue weighted by Gasteiger charge is -1.94. The van der Waals surface area contributed by atoms with Crippen molar-refractivity contribution in [2.45, 2.75) is 4.90 Å². The zero-order valence-electron chi connectivity index (χ0n) is 11.9. The molecule has 0 fully saturated rings. The molecular formula is C7H8B3F12O2S-3. The third-order valence-electron chi connectivity index (χ3n) is 1.17. The number of halogens is 12. The van der Waals surface area contributed by atoms with Gasteiger partial charge in [-0.3, -0.25) is 0 Å². The molecular weight excluding hydrogens is 409 g/mol. The molecule has 0 N–H and O–H groups in total. The second-order valence-corrected chi connectivity index (χ2v) is 5.59. The lowest BCUT2D eigenvalue weighted by molar-refractivity contribution is 0.366. The predicted molar refractivity (Wildman–Crippen MR) is 70.1 cm³/mol. The van der Waals surface area contributed by atoms with E-state index in [1.807, 2.05) is 0 Å². The van der Waals surface area contributed by atoms with Gasteiger partial charge >= 0.3 is 21.8 Å². The van der Waals surface area contributed by atoms with Crippen molar-refractivity contribution in [2.75, 3.05) is 6.26 Å². The number of sulfone groups is 1. The lowest BCUT2D eigenvalue weighted by atomic mass is 10.3. The van der Waals surface area contributed by atoms with Gasteiger partial charge in [-0.05, 0) is 12.1 Å². The average Bonchev–Trinajstić information content (AvgIpc) is 2.22. The Balaban J connectivity index is -0.000000279. The van der Waals surface area contributed by atoms with Crippen molar-refractivity contribution in [3.8, 4) is 0 Å². The molecule has 2 nitrogen and oxygen atoms in total. The maximum atomic E-state index is 10.8. The third-order valence-corrected chi connectivity index (χ3v) is 2.30. The standard InChI is InChI=1S/C7H8O2S.3BF4/c1-10(8,9)7-5-3-2-4-6-7;3*2-1(3,4)5/h2-6H,1H3;;;/q;3*-1. The maximum Gasteiger partial charge on any atom is 0.673 e. The van der Waals surface area contributed by atoms with Gasteiger partial charge in [0.1, 0.15) is 0 Å². The summed E-state index contributed by atoms with van der Waals surface area (Å²) in [6.07, 6.45) is 1.20. The topological polar surface area (TPSA) is 34.1 Å². The summed E-state index contributed by atoms with van der Waals surface area (Å²) in [7, 11) is -21.0. The van der Waals surface area contributed by atoms with Crippen LogP contribution in [-0.2, 0) is 9.84 Å². The van der Waals surface area contributed by atoms with Crippen LogP contribution in [0.5, 0.6) is 0 Å². The summed E-state index contributed by atoms with van der Waals surface area (Å²) < 4.78 is 139. The highest BCUT2D eigenvalue weighted by Gasteiger charge is 2.21. The van der Waals surface area contributed by atoms with Gasteiger partial charge in [-0.25, -0.2) is 8.42 Å². The Labute approximate surface area is 134 Å². The number of hydrogen-bond acceptors (Lipinski definition) is 2. The van der Waals surface area contributed by atoms with Crippen molar-refractivity contribution >= 4 is 31.6 Å². The van der Waals surface area contributed by atoms with Crippen molar-refractivity contribution < 1.29 is 60.2 Å². The molecule has 0 radical (unpaired) electrons. The first kappa shape index (κ1) is 28.3. The molecule has 0 saturated heterocycles. The summed E-state index contributed by atoms with van der Waals surface area (Å²) in [5.74, 6) is 0. The molecule has 0 amide bonds. The van der Waals surface area contributed by atoms with Crippen molar-refractivity contribution in [2.24, 2.45) is 0 Å². The summed E-state index contributed by atoms with van der Waals surface area (Å²) in [5, 5.41) is 0. The fourth-order valence-corrected chi connectivity index (χ4v) is 1.32. The van der Waals surface area contributed by atoms with Gasteiger partial charge in [-0.2, -0.15) is 0 Å². The van der Waals surface area contributed by atoms with Crippen molar-refractivity contribution in [1.82, 2.24) is 0 Å². The molecule has 18 heteroatoms. The summed E-state index contributed by atoms with van der Waals surface area (Å²) in [4.78, 5) is 0.370. The number of benzene rings is 1. The second-order valence-electron chi connectivity index (χ2n) is 3.57. The van der Waals surface area contributed by atoms with E-state index in [2.05, 4.69) is 0 Å². The minimum absolute atomic E-state index is 0.370. The van der Waals surface area contributed by atoms with Gasteiger partial charge in [-0.1, -0.05) is 18.2 Å². The first-order valence-corrected chi connectivity index (χ1v) is 7.37. The van der Waals surface area contributed by atoms with Crippen LogP contribution in [0.25, 0.3) is 0 Å². The van der Waals surface area contributed by atoms with Gasteiger partial charge in [0.25, 0.3) is 0 Å². The summed E-state index contributed by atoms with van der Waals surface area (Å²) in [6.45, 7) is 0. The molecule has 0 bridgehead atoms. The van der Waals surface area contributed by atoms with Crippen molar-refractivity contribution in [3.63, 3.8) is 0 Å². The molecule has 0 aromatic heterocycles. The molecule has 0 saturated carbocycles. The van der Waals surface area contributed by atoms with Gasteiger partial charge in [-0.15, -0.1) is 0 Å².